The summed E-state index contributed by atoms with van der Waals surface area (Å²) >= 11 is 0. The molecule has 0 saturated heterocycles. The Kier molecular flexibility index (Phi) is 5.57. The number of carbonyl (C=O) groups is 2. The van der Waals surface area contributed by atoms with Crippen molar-refractivity contribution in [3.63, 3.8) is 0 Å². The van der Waals surface area contributed by atoms with Crippen LogP contribution in [0.1, 0.15) is 46.0 Å². The summed E-state index contributed by atoms with van der Waals surface area (Å²) in [5.41, 5.74) is 8.52. The van der Waals surface area contributed by atoms with E-state index in [0.29, 0.717) is 34.8 Å². The van der Waals surface area contributed by atoms with Crippen LogP contribution in [0.4, 0.5) is 17.5 Å². The summed E-state index contributed by atoms with van der Waals surface area (Å²) in [6.07, 6.45) is 6.24. The van der Waals surface area contributed by atoms with E-state index in [1.54, 1.807) is 30.3 Å². The van der Waals surface area contributed by atoms with Gasteiger partial charge in [-0.25, -0.2) is 22.9 Å². The highest BCUT2D eigenvalue weighted by Gasteiger charge is 2.40. The average Bonchev–Trinajstić information content (AvgIpc) is 3.43. The van der Waals surface area contributed by atoms with Crippen LogP contribution >= 0.6 is 0 Å². The Hall–Kier alpha value is -4.53. The number of sulfonamides is 1. The number of anilines is 3. The van der Waals surface area contributed by atoms with Crippen molar-refractivity contribution in [2.24, 2.45) is 13.0 Å². The summed E-state index contributed by atoms with van der Waals surface area (Å²) in [7, 11) is -2.01. The number of nitrogens with two attached hydrogens (primary N) is 1. The van der Waals surface area contributed by atoms with E-state index >= 15 is 0 Å². The van der Waals surface area contributed by atoms with Gasteiger partial charge in [0.25, 0.3) is 11.8 Å². The van der Waals surface area contributed by atoms with Crippen molar-refractivity contribution < 1.29 is 18.0 Å². The van der Waals surface area contributed by atoms with Crippen molar-refractivity contribution in [1.82, 2.24) is 34.3 Å². The highest BCUT2D eigenvalue weighted by atomic mass is 32.2. The number of amides is 2. The fourth-order valence-corrected chi connectivity index (χ4v) is 5.51. The van der Waals surface area contributed by atoms with E-state index in [1.807, 2.05) is 13.0 Å². The lowest BCUT2D eigenvalue weighted by Crippen LogP contribution is -2.34. The Morgan fingerprint density at radius 2 is 2.00 bits per heavy atom. The molecule has 4 aromatic rings. The molecule has 0 bridgehead atoms. The van der Waals surface area contributed by atoms with Gasteiger partial charge in [0.15, 0.2) is 11.5 Å². The Bertz CT molecular complexity index is 1770. The number of fused-ring (bicyclic) bond motifs is 2. The standard InChI is InChI=1S/C24H26N10O4S/c1-12(13-4-5-13)33-10-15-8-14(9-17(18(15)23(33)36)31-39(3,37)38)16-6-7-34-21(27-16)19(20(25)29-34)22(35)28-24-26-11-32(2)30-24/h6-9,11-13,31H,4-5,10H2,1-3H3,(H2,25,29)(H,28,30,35). The molecule has 1 aromatic carbocycles. The molecule has 14 nitrogen and oxygen atoms in total. The van der Waals surface area contributed by atoms with E-state index in [9.17, 15) is 18.0 Å². The molecule has 4 N–H and O–H groups in total. The minimum atomic E-state index is -3.68. The van der Waals surface area contributed by atoms with Crippen LogP contribution in [0.25, 0.3) is 16.9 Å². The zero-order chi connectivity index (χ0) is 27.6. The number of nitrogens with one attached hydrogen (secondary N) is 2. The quantitative estimate of drug-likeness (QED) is 0.307. The SMILES string of the molecule is CC(C1CC1)N1Cc2cc(-c3ccn4nc(N)c(C(=O)Nc5ncn(C)n5)c4n3)cc(NS(C)(=O)=O)c2C1=O. The number of nitrogens with zero attached hydrogens (tertiary/aromatic N) is 7. The summed E-state index contributed by atoms with van der Waals surface area (Å²) in [5.74, 6) is -0.256. The summed E-state index contributed by atoms with van der Waals surface area (Å²) in [6.45, 7) is 2.39. The lowest BCUT2D eigenvalue weighted by Gasteiger charge is -2.24. The van der Waals surface area contributed by atoms with Crippen LogP contribution in [0.2, 0.25) is 0 Å². The molecule has 1 fully saturated rings. The maximum Gasteiger partial charge on any atom is 0.265 e. The topological polar surface area (TPSA) is 182 Å². The molecule has 2 aliphatic rings. The minimum absolute atomic E-state index is 0.0308. The number of hydrogen-bond donors (Lipinski definition) is 3. The van der Waals surface area contributed by atoms with Gasteiger partial charge in [-0.1, -0.05) is 0 Å². The van der Waals surface area contributed by atoms with E-state index in [-0.39, 0.29) is 40.6 Å². The maximum atomic E-state index is 13.4. The van der Waals surface area contributed by atoms with E-state index in [2.05, 4.69) is 30.2 Å². The van der Waals surface area contributed by atoms with Crippen LogP contribution in [-0.4, -0.2) is 66.8 Å². The van der Waals surface area contributed by atoms with Gasteiger partial charge in [-0.3, -0.25) is 24.3 Å². The molecule has 15 heteroatoms. The van der Waals surface area contributed by atoms with Gasteiger partial charge >= 0.3 is 0 Å². The number of carbonyl (C=O) groups excluding carboxylic acids is 2. The highest BCUT2D eigenvalue weighted by Crippen LogP contribution is 2.41. The van der Waals surface area contributed by atoms with E-state index in [0.717, 1.165) is 19.1 Å². The first-order chi connectivity index (χ1) is 18.5. The largest absolute Gasteiger partial charge is 0.381 e. The molecular formula is C24H26N10O4S. The monoisotopic (exact) mass is 550 g/mol. The molecule has 1 aliphatic carbocycles. The third-order valence-electron chi connectivity index (χ3n) is 6.99. The third-order valence-corrected chi connectivity index (χ3v) is 7.58. The van der Waals surface area contributed by atoms with Crippen molar-refractivity contribution in [3.05, 3.63) is 47.4 Å². The number of hydrogen-bond acceptors (Lipinski definition) is 9. The molecule has 1 saturated carbocycles. The second-order valence-electron chi connectivity index (χ2n) is 9.98. The second kappa shape index (κ2) is 8.76. The van der Waals surface area contributed by atoms with Gasteiger partial charge in [0.2, 0.25) is 16.0 Å². The number of aromatic nitrogens is 6. The molecule has 4 heterocycles. The molecule has 2 amide bonds. The predicted molar refractivity (Wildman–Crippen MR) is 142 cm³/mol. The number of rotatable bonds is 7. The first-order valence-corrected chi connectivity index (χ1v) is 14.2. The Labute approximate surface area is 223 Å². The number of nitrogen functional groups attached to an aromatic ring is 1. The third kappa shape index (κ3) is 4.54. The van der Waals surface area contributed by atoms with Crippen molar-refractivity contribution in [3.8, 4) is 11.3 Å². The smallest absolute Gasteiger partial charge is 0.265 e. The van der Waals surface area contributed by atoms with Crippen LogP contribution < -0.4 is 15.8 Å². The zero-order valence-corrected chi connectivity index (χ0v) is 22.2. The van der Waals surface area contributed by atoms with Gasteiger partial charge in [0.1, 0.15) is 11.9 Å². The van der Waals surface area contributed by atoms with Crippen LogP contribution in [0.3, 0.4) is 0 Å². The zero-order valence-electron chi connectivity index (χ0n) is 21.4. The summed E-state index contributed by atoms with van der Waals surface area (Å²) in [4.78, 5) is 36.8. The molecule has 1 aliphatic heterocycles. The lowest BCUT2D eigenvalue weighted by atomic mass is 10.0. The van der Waals surface area contributed by atoms with Crippen LogP contribution in [-0.2, 0) is 23.6 Å². The molecule has 1 atom stereocenters. The van der Waals surface area contributed by atoms with Crippen LogP contribution in [0.5, 0.6) is 0 Å². The Morgan fingerprint density at radius 1 is 1.23 bits per heavy atom. The van der Waals surface area contributed by atoms with Crippen molar-refractivity contribution >= 4 is 44.9 Å². The summed E-state index contributed by atoms with van der Waals surface area (Å²) in [6, 6.07) is 5.14. The van der Waals surface area contributed by atoms with Gasteiger partial charge in [-0.05, 0) is 49.4 Å². The molecule has 0 spiro atoms. The van der Waals surface area contributed by atoms with Crippen molar-refractivity contribution in [2.45, 2.75) is 32.4 Å². The normalized spacial score (nSPS) is 16.0. The molecule has 1 unspecified atom stereocenters. The molecule has 202 valence electrons. The molecule has 39 heavy (non-hydrogen) atoms. The van der Waals surface area contributed by atoms with Crippen LogP contribution in [0, 0.1) is 5.92 Å². The summed E-state index contributed by atoms with van der Waals surface area (Å²) in [5, 5.41) is 10.8. The Morgan fingerprint density at radius 3 is 2.67 bits per heavy atom. The van der Waals surface area contributed by atoms with Gasteiger partial charge in [0.05, 0.1) is 23.2 Å². The van der Waals surface area contributed by atoms with E-state index in [1.165, 1.54) is 15.5 Å². The first-order valence-electron chi connectivity index (χ1n) is 12.3. The van der Waals surface area contributed by atoms with Gasteiger partial charge in [0, 0.05) is 31.4 Å². The highest BCUT2D eigenvalue weighted by molar-refractivity contribution is 7.92. The fraction of sp³-hybridized carbons (Fsp3) is 0.333. The maximum absolute atomic E-state index is 13.4. The van der Waals surface area contributed by atoms with Gasteiger partial charge in [-0.15, -0.1) is 10.2 Å². The second-order valence-corrected chi connectivity index (χ2v) is 11.7. The molecule has 3 aromatic heterocycles. The predicted octanol–water partition coefficient (Wildman–Crippen LogP) is 1.49. The van der Waals surface area contributed by atoms with Crippen molar-refractivity contribution in [2.75, 3.05) is 22.0 Å². The molecule has 0 radical (unpaired) electrons. The van der Waals surface area contributed by atoms with Gasteiger partial charge < -0.3 is 10.6 Å². The number of benzene rings is 1. The van der Waals surface area contributed by atoms with Crippen LogP contribution in [0.15, 0.2) is 30.7 Å². The van der Waals surface area contributed by atoms with E-state index < -0.39 is 15.9 Å². The molecular weight excluding hydrogens is 524 g/mol. The molecule has 6 rings (SSSR count). The lowest BCUT2D eigenvalue weighted by molar-refractivity contribution is 0.0698. The van der Waals surface area contributed by atoms with E-state index in [4.69, 9.17) is 5.73 Å². The number of aryl methyl sites for hydroxylation is 1. The first kappa shape index (κ1) is 24.8. The average molecular weight is 551 g/mol. The van der Waals surface area contributed by atoms with Gasteiger partial charge in [-0.2, -0.15) is 0 Å². The summed E-state index contributed by atoms with van der Waals surface area (Å²) < 4.78 is 29.7. The fourth-order valence-electron chi connectivity index (χ4n) is 4.95. The Balaban J connectivity index is 1.42. The minimum Gasteiger partial charge on any atom is -0.381 e. The van der Waals surface area contributed by atoms with Crippen molar-refractivity contribution in [1.29, 1.82) is 0 Å².